The molecule has 4 heteroatoms. The van der Waals surface area contributed by atoms with Gasteiger partial charge < -0.3 is 10.1 Å². The monoisotopic (exact) mass is 217 g/mol. The lowest BCUT2D eigenvalue weighted by Gasteiger charge is -1.97. The van der Waals surface area contributed by atoms with Crippen LogP contribution in [0.2, 0.25) is 0 Å². The number of hydrogen-bond acceptors (Lipinski definition) is 2. The van der Waals surface area contributed by atoms with Gasteiger partial charge in [0.25, 0.3) is 0 Å². The molecule has 0 spiro atoms. The summed E-state index contributed by atoms with van der Waals surface area (Å²) < 4.78 is 0. The Kier molecular flexibility index (Phi) is 2.48. The third-order valence-corrected chi connectivity index (χ3v) is 2.60. The lowest BCUT2D eigenvalue weighted by atomic mass is 10.1. The molecule has 2 rings (SSSR count). The fraction of sp³-hybridized carbons (Fsp3) is 0.167. The van der Waals surface area contributed by atoms with Crippen LogP contribution < -0.4 is 0 Å². The molecule has 4 nitrogen and oxygen atoms in total. The zero-order chi connectivity index (χ0) is 11.7. The van der Waals surface area contributed by atoms with Crippen molar-refractivity contribution >= 4 is 22.7 Å². The van der Waals surface area contributed by atoms with Crippen molar-refractivity contribution in [2.75, 3.05) is 0 Å². The van der Waals surface area contributed by atoms with Crippen molar-refractivity contribution in [3.63, 3.8) is 0 Å². The number of para-hydroxylation sites is 1. The molecular weight excluding hydrogens is 206 g/mol. The first-order chi connectivity index (χ1) is 7.59. The van der Waals surface area contributed by atoms with E-state index >= 15 is 0 Å². The molecule has 2 N–H and O–H groups in total. The molecular formula is C12H11NO3. The van der Waals surface area contributed by atoms with E-state index in [0.29, 0.717) is 0 Å². The molecule has 0 aliphatic heterocycles. The number of Topliss-reactive ketones (excluding diaryl/α,β-unsaturated/α-hetero) is 1. The molecule has 82 valence electrons. The van der Waals surface area contributed by atoms with E-state index in [1.807, 2.05) is 31.2 Å². The Morgan fingerprint density at radius 1 is 1.31 bits per heavy atom. The highest BCUT2D eigenvalue weighted by Gasteiger charge is 2.16. The van der Waals surface area contributed by atoms with Crippen LogP contribution in [0.4, 0.5) is 0 Å². The summed E-state index contributed by atoms with van der Waals surface area (Å²) in [6, 6.07) is 7.53. The quantitative estimate of drug-likeness (QED) is 0.768. The number of aliphatic carboxylic acids is 1. The van der Waals surface area contributed by atoms with Gasteiger partial charge in [0.15, 0.2) is 0 Å². The molecule has 0 aliphatic rings. The maximum atomic E-state index is 11.2. The van der Waals surface area contributed by atoms with Crippen LogP contribution >= 0.6 is 0 Å². The van der Waals surface area contributed by atoms with Crippen LogP contribution in [-0.2, 0) is 16.0 Å². The number of fused-ring (bicyclic) bond motifs is 1. The summed E-state index contributed by atoms with van der Waals surface area (Å²) in [5, 5.41) is 9.50. The number of aromatic nitrogens is 1. The molecule has 2 aromatic rings. The molecule has 0 unspecified atom stereocenters. The van der Waals surface area contributed by atoms with E-state index in [-0.39, 0.29) is 6.42 Å². The average molecular weight is 217 g/mol. The molecule has 0 radical (unpaired) electrons. The number of aromatic amines is 1. The van der Waals surface area contributed by atoms with Crippen molar-refractivity contribution < 1.29 is 14.7 Å². The molecule has 0 fully saturated rings. The highest BCUT2D eigenvalue weighted by atomic mass is 16.4. The smallest absolute Gasteiger partial charge is 0.372 e. The first-order valence-corrected chi connectivity index (χ1v) is 4.92. The van der Waals surface area contributed by atoms with E-state index in [0.717, 1.165) is 22.2 Å². The number of carboxylic acids is 1. The van der Waals surface area contributed by atoms with Crippen molar-refractivity contribution in [2.45, 2.75) is 13.3 Å². The van der Waals surface area contributed by atoms with Crippen molar-refractivity contribution in [3.05, 3.63) is 35.5 Å². The van der Waals surface area contributed by atoms with E-state index in [9.17, 15) is 9.59 Å². The zero-order valence-electron chi connectivity index (χ0n) is 8.78. The normalized spacial score (nSPS) is 10.6. The summed E-state index contributed by atoms with van der Waals surface area (Å²) in [7, 11) is 0. The fourth-order valence-electron chi connectivity index (χ4n) is 1.80. The third-order valence-electron chi connectivity index (χ3n) is 2.60. The Morgan fingerprint density at radius 2 is 2.00 bits per heavy atom. The van der Waals surface area contributed by atoms with Crippen LogP contribution in [0.5, 0.6) is 0 Å². The Labute approximate surface area is 91.9 Å². The van der Waals surface area contributed by atoms with Gasteiger partial charge in [0.1, 0.15) is 0 Å². The number of ketones is 1. The van der Waals surface area contributed by atoms with Crippen LogP contribution in [0, 0.1) is 6.92 Å². The molecule has 0 amide bonds. The maximum absolute atomic E-state index is 11.2. The van der Waals surface area contributed by atoms with E-state index in [4.69, 9.17) is 5.11 Å². The minimum atomic E-state index is -1.38. The Bertz CT molecular complexity index is 569. The van der Waals surface area contributed by atoms with Gasteiger partial charge in [-0.2, -0.15) is 0 Å². The number of carbonyl (C=O) groups is 2. The van der Waals surface area contributed by atoms with Gasteiger partial charge in [0, 0.05) is 23.0 Å². The van der Waals surface area contributed by atoms with Gasteiger partial charge in [-0.05, 0) is 18.6 Å². The molecule has 16 heavy (non-hydrogen) atoms. The standard InChI is InChI=1S/C12H11NO3/c1-7-9(6-11(14)12(15)16)8-4-2-3-5-10(8)13-7/h2-5,13H,6H2,1H3,(H,15,16). The maximum Gasteiger partial charge on any atom is 0.372 e. The van der Waals surface area contributed by atoms with Crippen molar-refractivity contribution in [2.24, 2.45) is 0 Å². The second-order valence-corrected chi connectivity index (χ2v) is 3.68. The summed E-state index contributed by atoms with van der Waals surface area (Å²) >= 11 is 0. The molecule has 1 heterocycles. The van der Waals surface area contributed by atoms with Crippen LogP contribution in [-0.4, -0.2) is 21.8 Å². The van der Waals surface area contributed by atoms with E-state index < -0.39 is 11.8 Å². The SMILES string of the molecule is Cc1[nH]c2ccccc2c1CC(=O)C(=O)O. The van der Waals surface area contributed by atoms with Crippen molar-refractivity contribution in [1.29, 1.82) is 0 Å². The third kappa shape index (κ3) is 1.69. The number of rotatable bonds is 3. The molecule has 0 atom stereocenters. The van der Waals surface area contributed by atoms with Gasteiger partial charge in [0.05, 0.1) is 0 Å². The van der Waals surface area contributed by atoms with Gasteiger partial charge in [-0.1, -0.05) is 18.2 Å². The van der Waals surface area contributed by atoms with E-state index in [2.05, 4.69) is 4.98 Å². The van der Waals surface area contributed by atoms with Gasteiger partial charge in [0.2, 0.25) is 5.78 Å². The first-order valence-electron chi connectivity index (χ1n) is 4.92. The van der Waals surface area contributed by atoms with Crippen LogP contribution in [0.15, 0.2) is 24.3 Å². The second-order valence-electron chi connectivity index (χ2n) is 3.68. The second kappa shape index (κ2) is 3.81. The number of hydrogen-bond donors (Lipinski definition) is 2. The summed E-state index contributed by atoms with van der Waals surface area (Å²) in [6.07, 6.45) is -0.0643. The molecule has 0 aliphatic carbocycles. The van der Waals surface area contributed by atoms with Gasteiger partial charge in [-0.25, -0.2) is 4.79 Å². The Balaban J connectivity index is 2.47. The first kappa shape index (κ1) is 10.4. The fourth-order valence-corrected chi connectivity index (χ4v) is 1.80. The number of H-pyrrole nitrogens is 1. The van der Waals surface area contributed by atoms with Crippen LogP contribution in [0.3, 0.4) is 0 Å². The molecule has 1 aromatic carbocycles. The Morgan fingerprint density at radius 3 is 2.69 bits per heavy atom. The number of carboxylic acid groups (broad SMARTS) is 1. The summed E-state index contributed by atoms with van der Waals surface area (Å²) in [4.78, 5) is 24.8. The molecule has 0 saturated carbocycles. The number of carbonyl (C=O) groups excluding carboxylic acids is 1. The van der Waals surface area contributed by atoms with E-state index in [1.165, 1.54) is 0 Å². The van der Waals surface area contributed by atoms with Crippen molar-refractivity contribution in [1.82, 2.24) is 4.98 Å². The van der Waals surface area contributed by atoms with Crippen LogP contribution in [0.25, 0.3) is 10.9 Å². The molecule has 0 bridgehead atoms. The number of aryl methyl sites for hydroxylation is 1. The topological polar surface area (TPSA) is 70.2 Å². The lowest BCUT2D eigenvalue weighted by molar-refractivity contribution is -0.148. The highest BCUT2D eigenvalue weighted by Crippen LogP contribution is 2.22. The average Bonchev–Trinajstić information content (AvgIpc) is 2.55. The minimum Gasteiger partial charge on any atom is -0.475 e. The summed E-state index contributed by atoms with van der Waals surface area (Å²) in [5.74, 6) is -2.17. The highest BCUT2D eigenvalue weighted by molar-refractivity contribution is 6.33. The minimum absolute atomic E-state index is 0.0643. The summed E-state index contributed by atoms with van der Waals surface area (Å²) in [5.41, 5.74) is 2.53. The van der Waals surface area contributed by atoms with Crippen LogP contribution in [0.1, 0.15) is 11.3 Å². The molecule has 1 aromatic heterocycles. The predicted octanol–water partition coefficient (Wildman–Crippen LogP) is 1.67. The molecule has 0 saturated heterocycles. The number of benzene rings is 1. The Hall–Kier alpha value is -2.10. The largest absolute Gasteiger partial charge is 0.475 e. The number of nitrogens with one attached hydrogen (secondary N) is 1. The zero-order valence-corrected chi connectivity index (χ0v) is 8.78. The van der Waals surface area contributed by atoms with Crippen molar-refractivity contribution in [3.8, 4) is 0 Å². The van der Waals surface area contributed by atoms with Gasteiger partial charge >= 0.3 is 5.97 Å². The van der Waals surface area contributed by atoms with E-state index in [1.54, 1.807) is 0 Å². The predicted molar refractivity (Wildman–Crippen MR) is 59.4 cm³/mol. The van der Waals surface area contributed by atoms with Gasteiger partial charge in [-0.15, -0.1) is 0 Å². The van der Waals surface area contributed by atoms with Gasteiger partial charge in [-0.3, -0.25) is 4.79 Å². The lowest BCUT2D eigenvalue weighted by Crippen LogP contribution is -2.15. The summed E-state index contributed by atoms with van der Waals surface area (Å²) in [6.45, 7) is 1.84.